The van der Waals surface area contributed by atoms with Crippen molar-refractivity contribution in [3.05, 3.63) is 81.7 Å². The van der Waals surface area contributed by atoms with Crippen molar-refractivity contribution in [2.45, 2.75) is 44.8 Å². The van der Waals surface area contributed by atoms with Gasteiger partial charge in [0, 0.05) is 28.3 Å². The lowest BCUT2D eigenvalue weighted by Crippen LogP contribution is -2.25. The summed E-state index contributed by atoms with van der Waals surface area (Å²) in [7, 11) is 0. The summed E-state index contributed by atoms with van der Waals surface area (Å²) in [5.74, 6) is -0.165. The van der Waals surface area contributed by atoms with E-state index in [4.69, 9.17) is 4.52 Å². The normalized spacial score (nSPS) is 17.1. The number of hydrogen-bond acceptors (Lipinski definition) is 4. The third-order valence-corrected chi connectivity index (χ3v) is 6.75. The average Bonchev–Trinajstić information content (AvgIpc) is 3.32. The first kappa shape index (κ1) is 21.4. The number of carbonyl (C=O) groups excluding carboxylic acids is 2. The lowest BCUT2D eigenvalue weighted by atomic mass is 9.71. The third kappa shape index (κ3) is 3.63. The smallest absolute Gasteiger partial charge is 0.364 e. The molecule has 170 valence electrons. The average molecular weight is 454 g/mol. The molecule has 2 heterocycles. The maximum atomic E-state index is 13.7. The maximum absolute atomic E-state index is 13.7. The molecule has 1 aromatic heterocycles. The molecule has 0 unspecified atom stereocenters. The number of nitrogens with zero attached hydrogens (tertiary/aromatic N) is 2. The number of alkyl halides is 3. The second-order valence-electron chi connectivity index (χ2n) is 8.75. The van der Waals surface area contributed by atoms with Crippen molar-refractivity contribution in [3.8, 4) is 0 Å². The zero-order chi connectivity index (χ0) is 23.3. The fourth-order valence-corrected chi connectivity index (χ4v) is 4.87. The second kappa shape index (κ2) is 7.86. The number of aldehydes is 1. The van der Waals surface area contributed by atoms with Gasteiger partial charge in [0.25, 0.3) is 5.91 Å². The van der Waals surface area contributed by atoms with E-state index in [1.807, 2.05) is 25.1 Å². The molecule has 1 aliphatic carbocycles. The monoisotopic (exact) mass is 454 g/mol. The number of halogens is 3. The number of carbonyl (C=O) groups is 2. The molecule has 0 radical (unpaired) electrons. The highest BCUT2D eigenvalue weighted by Gasteiger charge is 2.41. The van der Waals surface area contributed by atoms with Gasteiger partial charge in [0.15, 0.2) is 0 Å². The summed E-state index contributed by atoms with van der Waals surface area (Å²) >= 11 is 0. The van der Waals surface area contributed by atoms with Crippen LogP contribution in [0.1, 0.15) is 73.8 Å². The van der Waals surface area contributed by atoms with Gasteiger partial charge in [-0.1, -0.05) is 23.7 Å². The van der Waals surface area contributed by atoms with Crippen LogP contribution in [0.5, 0.6) is 0 Å². The van der Waals surface area contributed by atoms with Crippen LogP contribution in [-0.4, -0.2) is 17.4 Å². The van der Waals surface area contributed by atoms with E-state index < -0.39 is 17.6 Å². The molecule has 3 aromatic rings. The number of aryl methyl sites for hydroxylation is 1. The fraction of sp³-hybridized carbons (Fsp3) is 0.320. The Morgan fingerprint density at radius 2 is 2.00 bits per heavy atom. The van der Waals surface area contributed by atoms with Crippen LogP contribution in [0.3, 0.4) is 0 Å². The van der Waals surface area contributed by atoms with Crippen molar-refractivity contribution < 1.29 is 27.3 Å². The Hall–Kier alpha value is -3.42. The Labute approximate surface area is 188 Å². The topological polar surface area (TPSA) is 63.4 Å². The molecule has 0 saturated heterocycles. The molecule has 1 fully saturated rings. The summed E-state index contributed by atoms with van der Waals surface area (Å²) < 4.78 is 46.1. The van der Waals surface area contributed by atoms with Crippen molar-refractivity contribution in [2.75, 3.05) is 4.90 Å². The minimum atomic E-state index is -4.67. The SMILES string of the molecule is Cc1conc1[C@@H](c1cccc(N2Cc3c(cc(C=O)cc3C(F)(F)F)C2=O)c1)C1CCC1. The van der Waals surface area contributed by atoms with Crippen LogP contribution < -0.4 is 4.90 Å². The molecule has 5 rings (SSSR count). The predicted octanol–water partition coefficient (Wildman–Crippen LogP) is 5.91. The molecule has 8 heteroatoms. The van der Waals surface area contributed by atoms with E-state index in [-0.39, 0.29) is 29.2 Å². The molecule has 1 aliphatic heterocycles. The molecule has 2 aromatic carbocycles. The van der Waals surface area contributed by atoms with E-state index in [1.165, 1.54) is 11.0 Å². The van der Waals surface area contributed by atoms with E-state index in [9.17, 15) is 22.8 Å². The second-order valence-corrected chi connectivity index (χ2v) is 8.75. The summed E-state index contributed by atoms with van der Waals surface area (Å²) in [5, 5.41) is 4.21. The van der Waals surface area contributed by atoms with E-state index in [1.54, 1.807) is 12.3 Å². The Morgan fingerprint density at radius 3 is 2.61 bits per heavy atom. The molecule has 0 spiro atoms. The molecular weight excluding hydrogens is 433 g/mol. The molecule has 33 heavy (non-hydrogen) atoms. The zero-order valence-corrected chi connectivity index (χ0v) is 17.9. The van der Waals surface area contributed by atoms with Gasteiger partial charge in [0.2, 0.25) is 0 Å². The van der Waals surface area contributed by atoms with Gasteiger partial charge in [-0.05, 0) is 61.1 Å². The van der Waals surface area contributed by atoms with Gasteiger partial charge >= 0.3 is 6.18 Å². The zero-order valence-electron chi connectivity index (χ0n) is 17.9. The van der Waals surface area contributed by atoms with E-state index in [2.05, 4.69) is 5.16 Å². The van der Waals surface area contributed by atoms with Gasteiger partial charge in [0.05, 0.1) is 17.8 Å². The molecule has 1 atom stereocenters. The van der Waals surface area contributed by atoms with Gasteiger partial charge < -0.3 is 9.42 Å². The summed E-state index contributed by atoms with van der Waals surface area (Å²) in [6.07, 6.45) is 0.514. The van der Waals surface area contributed by atoms with E-state index in [0.29, 0.717) is 17.9 Å². The first-order valence-corrected chi connectivity index (χ1v) is 10.8. The van der Waals surface area contributed by atoms with Gasteiger partial charge in [-0.15, -0.1) is 0 Å². The third-order valence-electron chi connectivity index (χ3n) is 6.75. The summed E-state index contributed by atoms with van der Waals surface area (Å²) in [6, 6.07) is 9.38. The molecule has 0 bridgehead atoms. The largest absolute Gasteiger partial charge is 0.416 e. The Balaban J connectivity index is 1.54. The maximum Gasteiger partial charge on any atom is 0.416 e. The molecule has 1 amide bonds. The number of aromatic nitrogens is 1. The Bertz CT molecular complexity index is 1240. The van der Waals surface area contributed by atoms with Gasteiger partial charge in [-0.25, -0.2) is 0 Å². The van der Waals surface area contributed by atoms with Crippen molar-refractivity contribution >= 4 is 17.9 Å². The molecule has 5 nitrogen and oxygen atoms in total. The lowest BCUT2D eigenvalue weighted by Gasteiger charge is -2.33. The minimum Gasteiger partial charge on any atom is -0.364 e. The highest BCUT2D eigenvalue weighted by Crippen LogP contribution is 2.45. The van der Waals surface area contributed by atoms with Gasteiger partial charge in [-0.3, -0.25) is 9.59 Å². The first-order valence-electron chi connectivity index (χ1n) is 10.8. The minimum absolute atomic E-state index is 0.00932. The van der Waals surface area contributed by atoms with Gasteiger partial charge in [-0.2, -0.15) is 13.2 Å². The molecule has 0 N–H and O–H groups in total. The summed E-state index contributed by atoms with van der Waals surface area (Å²) in [6.45, 7) is 1.73. The van der Waals surface area contributed by atoms with Crippen molar-refractivity contribution in [1.82, 2.24) is 5.16 Å². The standard InChI is InChI=1S/C25H21F3N2O3/c1-14-13-33-29-23(14)22(16-4-2-5-16)17-6-3-7-18(10-17)30-11-20-19(24(30)32)8-15(12-31)9-21(20)25(26,27)28/h3,6-10,12-13,16,22H,2,4-5,11H2,1H3/t22-/m1/s1. The number of anilines is 1. The van der Waals surface area contributed by atoms with Crippen LogP contribution in [0.15, 0.2) is 47.2 Å². The van der Waals surface area contributed by atoms with Crippen LogP contribution in [-0.2, 0) is 12.7 Å². The lowest BCUT2D eigenvalue weighted by molar-refractivity contribution is -0.138. The predicted molar refractivity (Wildman–Crippen MR) is 114 cm³/mol. The fourth-order valence-electron chi connectivity index (χ4n) is 4.87. The van der Waals surface area contributed by atoms with Crippen LogP contribution in [0, 0.1) is 12.8 Å². The van der Waals surface area contributed by atoms with Crippen LogP contribution >= 0.6 is 0 Å². The number of fused-ring (bicyclic) bond motifs is 1. The Kier molecular flexibility index (Phi) is 5.11. The highest BCUT2D eigenvalue weighted by atomic mass is 19.4. The van der Waals surface area contributed by atoms with Crippen LogP contribution in [0.25, 0.3) is 0 Å². The van der Waals surface area contributed by atoms with Gasteiger partial charge in [0.1, 0.15) is 12.5 Å². The first-order chi connectivity index (χ1) is 15.8. The summed E-state index contributed by atoms with van der Waals surface area (Å²) in [4.78, 5) is 25.7. The van der Waals surface area contributed by atoms with Crippen molar-refractivity contribution in [3.63, 3.8) is 0 Å². The van der Waals surface area contributed by atoms with Crippen molar-refractivity contribution in [2.24, 2.45) is 5.92 Å². The molecular formula is C25H21F3N2O3. The van der Waals surface area contributed by atoms with Crippen LogP contribution in [0.2, 0.25) is 0 Å². The quantitative estimate of drug-likeness (QED) is 0.450. The molecule has 2 aliphatic rings. The van der Waals surface area contributed by atoms with Crippen LogP contribution in [0.4, 0.5) is 18.9 Å². The molecule has 1 saturated carbocycles. The number of rotatable bonds is 5. The highest BCUT2D eigenvalue weighted by molar-refractivity contribution is 6.11. The Morgan fingerprint density at radius 1 is 1.21 bits per heavy atom. The summed E-state index contributed by atoms with van der Waals surface area (Å²) in [5.41, 5.74) is 1.95. The number of amides is 1. The number of hydrogen-bond donors (Lipinski definition) is 0. The van der Waals surface area contributed by atoms with E-state index in [0.717, 1.165) is 42.1 Å². The van der Waals surface area contributed by atoms with Crippen molar-refractivity contribution in [1.29, 1.82) is 0 Å². The number of benzene rings is 2. The van der Waals surface area contributed by atoms with E-state index >= 15 is 0 Å².